The first-order valence-corrected chi connectivity index (χ1v) is 8.50. The minimum Gasteiger partial charge on any atom is -0.380 e. The first kappa shape index (κ1) is 16.1. The number of methoxy groups -OCH3 is 1. The Balaban J connectivity index is 2.16. The van der Waals surface area contributed by atoms with E-state index in [1.165, 1.54) is 12.8 Å². The van der Waals surface area contributed by atoms with Crippen molar-refractivity contribution in [3.63, 3.8) is 0 Å². The fourth-order valence-corrected chi connectivity index (χ4v) is 5.89. The van der Waals surface area contributed by atoms with E-state index >= 15 is 0 Å². The van der Waals surface area contributed by atoms with E-state index in [-0.39, 0.29) is 11.5 Å². The summed E-state index contributed by atoms with van der Waals surface area (Å²) >= 11 is 1.74. The van der Waals surface area contributed by atoms with Crippen LogP contribution in [0.1, 0.15) is 53.9 Å². The summed E-state index contributed by atoms with van der Waals surface area (Å²) in [6.45, 7) is 11.2. The van der Waals surface area contributed by atoms with Crippen LogP contribution in [0.25, 0.3) is 0 Å². The number of fused-ring (bicyclic) bond motifs is 2. The molecule has 2 aliphatic rings. The van der Waals surface area contributed by atoms with Gasteiger partial charge in [0.05, 0.1) is 12.2 Å². The largest absolute Gasteiger partial charge is 0.380 e. The first-order valence-electron chi connectivity index (χ1n) is 7.62. The van der Waals surface area contributed by atoms with Gasteiger partial charge in [0.2, 0.25) is 0 Å². The van der Waals surface area contributed by atoms with E-state index in [0.717, 1.165) is 6.42 Å². The summed E-state index contributed by atoms with van der Waals surface area (Å²) in [6, 6.07) is 2.39. The zero-order valence-electron chi connectivity index (χ0n) is 13.6. The van der Waals surface area contributed by atoms with Gasteiger partial charge in [-0.05, 0) is 37.5 Å². The van der Waals surface area contributed by atoms with Gasteiger partial charge in [-0.15, -0.1) is 0 Å². The van der Waals surface area contributed by atoms with Gasteiger partial charge in [-0.2, -0.15) is 5.26 Å². The number of nitrogens with zero attached hydrogens (tertiary/aromatic N) is 1. The molecule has 5 atom stereocenters. The van der Waals surface area contributed by atoms with E-state index in [4.69, 9.17) is 4.74 Å². The van der Waals surface area contributed by atoms with Crippen LogP contribution in [-0.2, 0) is 4.74 Å². The van der Waals surface area contributed by atoms with Crippen molar-refractivity contribution >= 4 is 11.9 Å². The van der Waals surface area contributed by atoms with Crippen molar-refractivity contribution in [2.45, 2.75) is 70.8 Å². The molecule has 0 heterocycles. The molecule has 2 saturated carbocycles. The van der Waals surface area contributed by atoms with Gasteiger partial charge in [0.25, 0.3) is 0 Å². The Morgan fingerprint density at radius 1 is 1.45 bits per heavy atom. The maximum absolute atomic E-state index is 9.31. The van der Waals surface area contributed by atoms with Crippen molar-refractivity contribution in [1.82, 2.24) is 4.72 Å². The van der Waals surface area contributed by atoms with Crippen LogP contribution in [-0.4, -0.2) is 24.0 Å². The molecule has 3 nitrogen and oxygen atoms in total. The van der Waals surface area contributed by atoms with Gasteiger partial charge >= 0.3 is 0 Å². The standard InChI is InChI=1S/C16H28N2OS/c1-7-15(4,10-17)18-20-12-11-8-9-16(5,13(12)19-6)14(11,2)3/h11-13,18H,7-9H2,1-6H3/t11-,12?,13?,15?,16+/m1/s1. The molecule has 4 heteroatoms. The summed E-state index contributed by atoms with van der Waals surface area (Å²) in [5.74, 6) is 0.662. The summed E-state index contributed by atoms with van der Waals surface area (Å²) in [7, 11) is 1.84. The summed E-state index contributed by atoms with van der Waals surface area (Å²) < 4.78 is 9.30. The molecule has 0 spiro atoms. The minimum absolute atomic E-state index is 0.251. The van der Waals surface area contributed by atoms with E-state index in [1.54, 1.807) is 11.9 Å². The molecule has 1 N–H and O–H groups in total. The third-order valence-corrected chi connectivity index (χ3v) is 7.74. The van der Waals surface area contributed by atoms with Crippen LogP contribution in [0.4, 0.5) is 0 Å². The van der Waals surface area contributed by atoms with Crippen LogP contribution in [0.15, 0.2) is 0 Å². The highest BCUT2D eigenvalue weighted by molar-refractivity contribution is 7.98. The summed E-state index contributed by atoms with van der Waals surface area (Å²) in [5.41, 5.74) is 0.110. The predicted molar refractivity (Wildman–Crippen MR) is 84.2 cm³/mol. The summed E-state index contributed by atoms with van der Waals surface area (Å²) in [4.78, 5) is 0. The van der Waals surface area contributed by atoms with E-state index in [9.17, 15) is 5.26 Å². The third-order valence-electron chi connectivity index (χ3n) is 6.32. The van der Waals surface area contributed by atoms with E-state index < -0.39 is 5.54 Å². The van der Waals surface area contributed by atoms with Gasteiger partial charge in [-0.3, -0.25) is 0 Å². The summed E-state index contributed by atoms with van der Waals surface area (Å²) in [6.07, 6.45) is 3.61. The molecule has 0 amide bonds. The van der Waals surface area contributed by atoms with Gasteiger partial charge in [0.15, 0.2) is 0 Å². The molecule has 0 aromatic carbocycles. The van der Waals surface area contributed by atoms with Crippen molar-refractivity contribution in [1.29, 1.82) is 5.26 Å². The second-order valence-corrected chi connectivity index (χ2v) is 8.41. The maximum atomic E-state index is 9.31. The monoisotopic (exact) mass is 296 g/mol. The number of nitriles is 1. The van der Waals surface area contributed by atoms with Crippen molar-refractivity contribution in [3.05, 3.63) is 0 Å². The number of hydrogen-bond donors (Lipinski definition) is 1. The van der Waals surface area contributed by atoms with Crippen molar-refractivity contribution in [2.24, 2.45) is 16.7 Å². The molecular weight excluding hydrogens is 268 g/mol. The predicted octanol–water partition coefficient (Wildman–Crippen LogP) is 3.76. The molecule has 0 saturated heterocycles. The van der Waals surface area contributed by atoms with Gasteiger partial charge in [0.1, 0.15) is 5.54 Å². The molecule has 2 rings (SSSR count). The lowest BCUT2D eigenvalue weighted by Gasteiger charge is -2.39. The van der Waals surface area contributed by atoms with Crippen molar-refractivity contribution in [3.8, 4) is 6.07 Å². The van der Waals surface area contributed by atoms with Crippen LogP contribution in [0.3, 0.4) is 0 Å². The van der Waals surface area contributed by atoms with Gasteiger partial charge in [-0.1, -0.05) is 39.6 Å². The Labute approximate surface area is 128 Å². The Bertz CT molecular complexity index is 419. The van der Waals surface area contributed by atoms with E-state index in [0.29, 0.717) is 16.6 Å². The number of ether oxygens (including phenoxy) is 1. The average molecular weight is 296 g/mol. The van der Waals surface area contributed by atoms with Crippen LogP contribution in [0.2, 0.25) is 0 Å². The van der Waals surface area contributed by atoms with Gasteiger partial charge in [-0.25, -0.2) is 4.72 Å². The zero-order chi connectivity index (χ0) is 15.2. The molecule has 0 aromatic heterocycles. The van der Waals surface area contributed by atoms with E-state index in [2.05, 4.69) is 38.5 Å². The van der Waals surface area contributed by atoms with Crippen LogP contribution in [0.5, 0.6) is 0 Å². The molecule has 20 heavy (non-hydrogen) atoms. The highest BCUT2D eigenvalue weighted by Gasteiger charge is 2.66. The summed E-state index contributed by atoms with van der Waals surface area (Å²) in [5, 5.41) is 9.75. The lowest BCUT2D eigenvalue weighted by Crippen LogP contribution is -2.43. The van der Waals surface area contributed by atoms with Crippen LogP contribution < -0.4 is 4.72 Å². The fraction of sp³-hybridized carbons (Fsp3) is 0.938. The van der Waals surface area contributed by atoms with Crippen LogP contribution in [0, 0.1) is 28.1 Å². The van der Waals surface area contributed by atoms with Crippen molar-refractivity contribution in [2.75, 3.05) is 7.11 Å². The third kappa shape index (κ3) is 2.10. The molecule has 2 fully saturated rings. The normalized spacial score (nSPS) is 41.4. The Morgan fingerprint density at radius 3 is 2.60 bits per heavy atom. The van der Waals surface area contributed by atoms with Crippen molar-refractivity contribution < 1.29 is 4.74 Å². The first-order chi connectivity index (χ1) is 9.25. The Kier molecular flexibility index (Phi) is 4.19. The molecule has 0 radical (unpaired) electrons. The van der Waals surface area contributed by atoms with E-state index in [1.807, 2.05) is 14.0 Å². The Hall–Kier alpha value is -0.240. The molecule has 2 aliphatic carbocycles. The maximum Gasteiger partial charge on any atom is 0.112 e. The lowest BCUT2D eigenvalue weighted by atomic mass is 9.70. The van der Waals surface area contributed by atoms with Gasteiger partial charge < -0.3 is 4.74 Å². The number of hydrogen-bond acceptors (Lipinski definition) is 4. The molecule has 0 aromatic rings. The zero-order valence-corrected chi connectivity index (χ0v) is 14.4. The highest BCUT2D eigenvalue weighted by Crippen LogP contribution is 2.68. The topological polar surface area (TPSA) is 45.0 Å². The Morgan fingerprint density at radius 2 is 2.10 bits per heavy atom. The molecule has 0 aliphatic heterocycles. The lowest BCUT2D eigenvalue weighted by molar-refractivity contribution is -0.0177. The van der Waals surface area contributed by atoms with Crippen LogP contribution >= 0.6 is 11.9 Å². The molecule has 3 unspecified atom stereocenters. The molecule has 2 bridgehead atoms. The smallest absolute Gasteiger partial charge is 0.112 e. The quantitative estimate of drug-likeness (QED) is 0.785. The average Bonchev–Trinajstić information content (AvgIpc) is 2.75. The SMILES string of the molecule is CCC(C)(C#N)NSC1C(OC)[C@]2(C)CC[C@H]1C2(C)C. The molecular formula is C16H28N2OS. The fourth-order valence-electron chi connectivity index (χ4n) is 4.13. The highest BCUT2D eigenvalue weighted by atomic mass is 32.2. The molecule has 114 valence electrons. The second-order valence-electron chi connectivity index (χ2n) is 7.42. The second kappa shape index (κ2) is 5.19. The number of nitrogens with one attached hydrogen (secondary N) is 1. The van der Waals surface area contributed by atoms with Gasteiger partial charge in [0, 0.05) is 17.8 Å². The number of rotatable bonds is 5. The minimum atomic E-state index is -0.449.